The molecule has 1 aromatic rings. The van der Waals surface area contributed by atoms with Crippen LogP contribution in [0.3, 0.4) is 0 Å². The first-order chi connectivity index (χ1) is 9.69. The zero-order valence-electron chi connectivity index (χ0n) is 12.4. The fourth-order valence-electron chi connectivity index (χ4n) is 2.01. The number of hydrogen-bond acceptors (Lipinski definition) is 2. The number of amides is 2. The lowest BCUT2D eigenvalue weighted by atomic mass is 10.2. The molecule has 0 atom stereocenters. The van der Waals surface area contributed by atoms with Crippen molar-refractivity contribution >= 4 is 17.5 Å². The van der Waals surface area contributed by atoms with Crippen molar-refractivity contribution in [3.8, 4) is 0 Å². The first-order valence-electron chi connectivity index (χ1n) is 7.31. The van der Waals surface area contributed by atoms with Gasteiger partial charge in [-0.2, -0.15) is 0 Å². The summed E-state index contributed by atoms with van der Waals surface area (Å²) in [5, 5.41) is 2.79. The molecular formula is C16H24N2O2. The molecule has 0 fully saturated rings. The van der Waals surface area contributed by atoms with E-state index < -0.39 is 0 Å². The second-order valence-electron chi connectivity index (χ2n) is 4.71. The Balaban J connectivity index is 2.45. The summed E-state index contributed by atoms with van der Waals surface area (Å²) >= 11 is 0. The van der Waals surface area contributed by atoms with Crippen molar-refractivity contribution in [3.05, 3.63) is 30.3 Å². The molecule has 0 spiro atoms. The number of anilines is 1. The molecule has 2 amide bonds. The molecule has 0 unspecified atom stereocenters. The van der Waals surface area contributed by atoms with Crippen LogP contribution < -0.4 is 10.2 Å². The van der Waals surface area contributed by atoms with Crippen LogP contribution in [-0.2, 0) is 9.59 Å². The van der Waals surface area contributed by atoms with Crippen molar-refractivity contribution in [3.63, 3.8) is 0 Å². The molecule has 0 aromatic heterocycles. The number of carbonyl (C=O) groups is 2. The van der Waals surface area contributed by atoms with Crippen LogP contribution in [0.1, 0.15) is 39.5 Å². The standard InChI is InChI=1S/C16H24N2O2/c1-3-5-9-12-17-15(19)13-16(20)18(4-2)14-10-7-6-8-11-14/h6-8,10-11H,3-5,9,12-13H2,1-2H3,(H,17,19). The number of carbonyl (C=O) groups excluding carboxylic acids is 2. The molecule has 0 bridgehead atoms. The molecule has 4 nitrogen and oxygen atoms in total. The summed E-state index contributed by atoms with van der Waals surface area (Å²) in [6.45, 7) is 5.23. The largest absolute Gasteiger partial charge is 0.356 e. The van der Waals surface area contributed by atoms with Crippen molar-refractivity contribution < 1.29 is 9.59 Å². The topological polar surface area (TPSA) is 49.4 Å². The fraction of sp³-hybridized carbons (Fsp3) is 0.500. The van der Waals surface area contributed by atoms with Gasteiger partial charge in [0.15, 0.2) is 0 Å². The number of hydrogen-bond donors (Lipinski definition) is 1. The minimum absolute atomic E-state index is 0.0884. The van der Waals surface area contributed by atoms with Gasteiger partial charge in [-0.05, 0) is 25.5 Å². The van der Waals surface area contributed by atoms with Gasteiger partial charge in [-0.25, -0.2) is 0 Å². The van der Waals surface area contributed by atoms with Crippen molar-refractivity contribution in [2.75, 3.05) is 18.0 Å². The van der Waals surface area contributed by atoms with E-state index >= 15 is 0 Å². The summed E-state index contributed by atoms with van der Waals surface area (Å²) in [7, 11) is 0. The Morgan fingerprint density at radius 3 is 2.40 bits per heavy atom. The summed E-state index contributed by atoms with van der Waals surface area (Å²) in [4.78, 5) is 25.5. The summed E-state index contributed by atoms with van der Waals surface area (Å²) in [6, 6.07) is 9.43. The third-order valence-corrected chi connectivity index (χ3v) is 3.10. The van der Waals surface area contributed by atoms with Crippen LogP contribution in [0.5, 0.6) is 0 Å². The lowest BCUT2D eigenvalue weighted by molar-refractivity contribution is -0.127. The predicted molar refractivity (Wildman–Crippen MR) is 81.6 cm³/mol. The number of benzene rings is 1. The average Bonchev–Trinajstić information content (AvgIpc) is 2.45. The predicted octanol–water partition coefficient (Wildman–Crippen LogP) is 2.74. The SMILES string of the molecule is CCCCCNC(=O)CC(=O)N(CC)c1ccccc1. The van der Waals surface area contributed by atoms with Gasteiger partial charge < -0.3 is 10.2 Å². The van der Waals surface area contributed by atoms with Crippen LogP contribution in [-0.4, -0.2) is 24.9 Å². The molecule has 0 saturated carbocycles. The summed E-state index contributed by atoms with van der Waals surface area (Å²) in [5.41, 5.74) is 0.832. The molecule has 1 N–H and O–H groups in total. The van der Waals surface area contributed by atoms with Gasteiger partial charge in [-0.15, -0.1) is 0 Å². The highest BCUT2D eigenvalue weighted by Crippen LogP contribution is 2.13. The van der Waals surface area contributed by atoms with Crippen molar-refractivity contribution in [2.24, 2.45) is 0 Å². The van der Waals surface area contributed by atoms with Gasteiger partial charge in [-0.1, -0.05) is 38.0 Å². The molecule has 110 valence electrons. The van der Waals surface area contributed by atoms with Crippen LogP contribution in [0.4, 0.5) is 5.69 Å². The number of nitrogens with one attached hydrogen (secondary N) is 1. The number of para-hydroxylation sites is 1. The van der Waals surface area contributed by atoms with Crippen molar-refractivity contribution in [1.29, 1.82) is 0 Å². The molecule has 0 saturated heterocycles. The van der Waals surface area contributed by atoms with E-state index in [9.17, 15) is 9.59 Å². The van der Waals surface area contributed by atoms with Gasteiger partial charge in [0.1, 0.15) is 6.42 Å². The minimum Gasteiger partial charge on any atom is -0.356 e. The number of unbranched alkanes of at least 4 members (excludes halogenated alkanes) is 2. The highest BCUT2D eigenvalue weighted by molar-refractivity contribution is 6.04. The Bertz CT molecular complexity index is 418. The Morgan fingerprint density at radius 2 is 1.80 bits per heavy atom. The van der Waals surface area contributed by atoms with E-state index in [0.717, 1.165) is 24.9 Å². The van der Waals surface area contributed by atoms with E-state index in [4.69, 9.17) is 0 Å². The van der Waals surface area contributed by atoms with Gasteiger partial charge >= 0.3 is 0 Å². The molecule has 0 radical (unpaired) electrons. The van der Waals surface area contributed by atoms with Gasteiger partial charge in [0, 0.05) is 18.8 Å². The lowest BCUT2D eigenvalue weighted by Gasteiger charge is -2.20. The smallest absolute Gasteiger partial charge is 0.236 e. The normalized spacial score (nSPS) is 10.1. The fourth-order valence-corrected chi connectivity index (χ4v) is 2.01. The quantitative estimate of drug-likeness (QED) is 0.586. The molecule has 20 heavy (non-hydrogen) atoms. The summed E-state index contributed by atoms with van der Waals surface area (Å²) in [5.74, 6) is -0.354. The van der Waals surface area contributed by atoms with Crippen LogP contribution in [0.15, 0.2) is 30.3 Å². The molecule has 0 aliphatic heterocycles. The van der Waals surface area contributed by atoms with Crippen LogP contribution in [0.25, 0.3) is 0 Å². The second kappa shape index (κ2) is 9.13. The van der Waals surface area contributed by atoms with E-state index in [2.05, 4.69) is 12.2 Å². The van der Waals surface area contributed by atoms with Crippen molar-refractivity contribution in [2.45, 2.75) is 39.5 Å². The average molecular weight is 276 g/mol. The summed E-state index contributed by atoms with van der Waals surface area (Å²) in [6.07, 6.45) is 3.09. The maximum Gasteiger partial charge on any atom is 0.236 e. The Labute approximate surface area is 121 Å². The van der Waals surface area contributed by atoms with E-state index in [1.807, 2.05) is 37.3 Å². The van der Waals surface area contributed by atoms with E-state index in [1.165, 1.54) is 0 Å². The maximum atomic E-state index is 12.1. The van der Waals surface area contributed by atoms with E-state index in [1.54, 1.807) is 4.90 Å². The van der Waals surface area contributed by atoms with E-state index in [-0.39, 0.29) is 18.2 Å². The molecule has 1 aromatic carbocycles. The molecule has 1 rings (SSSR count). The second-order valence-corrected chi connectivity index (χ2v) is 4.71. The van der Waals surface area contributed by atoms with Crippen LogP contribution >= 0.6 is 0 Å². The Morgan fingerprint density at radius 1 is 1.10 bits per heavy atom. The van der Waals surface area contributed by atoms with Gasteiger partial charge in [0.2, 0.25) is 11.8 Å². The van der Waals surface area contributed by atoms with Gasteiger partial charge in [-0.3, -0.25) is 9.59 Å². The Kier molecular flexibility index (Phi) is 7.40. The molecule has 4 heteroatoms. The summed E-state index contributed by atoms with van der Waals surface area (Å²) < 4.78 is 0. The monoisotopic (exact) mass is 276 g/mol. The lowest BCUT2D eigenvalue weighted by Crippen LogP contribution is -2.36. The third-order valence-electron chi connectivity index (χ3n) is 3.10. The first-order valence-corrected chi connectivity index (χ1v) is 7.31. The zero-order chi connectivity index (χ0) is 14.8. The molecule has 0 aliphatic carbocycles. The minimum atomic E-state index is -0.194. The highest BCUT2D eigenvalue weighted by Gasteiger charge is 2.16. The first kappa shape index (κ1) is 16.2. The number of rotatable bonds is 8. The third kappa shape index (κ3) is 5.43. The molecule has 0 aliphatic rings. The van der Waals surface area contributed by atoms with Gasteiger partial charge in [0.25, 0.3) is 0 Å². The number of nitrogens with zero attached hydrogens (tertiary/aromatic N) is 1. The Hall–Kier alpha value is -1.84. The van der Waals surface area contributed by atoms with Crippen LogP contribution in [0.2, 0.25) is 0 Å². The van der Waals surface area contributed by atoms with Crippen molar-refractivity contribution in [1.82, 2.24) is 5.32 Å². The van der Waals surface area contributed by atoms with Gasteiger partial charge in [0.05, 0.1) is 0 Å². The molecular weight excluding hydrogens is 252 g/mol. The zero-order valence-corrected chi connectivity index (χ0v) is 12.4. The highest BCUT2D eigenvalue weighted by atomic mass is 16.2. The van der Waals surface area contributed by atoms with E-state index in [0.29, 0.717) is 13.1 Å². The maximum absolute atomic E-state index is 12.1. The molecule has 0 heterocycles. The van der Waals surface area contributed by atoms with Crippen LogP contribution in [0, 0.1) is 0 Å².